The standard InChI is InChI=1S/C15H15NO4/c1-16(8-12-3-2-6-18-12)9-13(17)11-4-5-14-15(7-11)20-10-19-14/h2-7H,8-10H2,1H3. The number of likely N-dealkylation sites (N-methyl/N-ethyl adjacent to an activating group) is 1. The molecule has 20 heavy (non-hydrogen) atoms. The number of furan rings is 1. The van der Waals surface area contributed by atoms with Gasteiger partial charge in [0.05, 0.1) is 19.4 Å². The van der Waals surface area contributed by atoms with Crippen LogP contribution in [-0.2, 0) is 6.54 Å². The summed E-state index contributed by atoms with van der Waals surface area (Å²) in [6.45, 7) is 1.13. The zero-order valence-electron chi connectivity index (χ0n) is 11.2. The molecule has 0 spiro atoms. The summed E-state index contributed by atoms with van der Waals surface area (Å²) in [5.41, 5.74) is 0.626. The second-order valence-electron chi connectivity index (χ2n) is 4.74. The number of Topliss-reactive ketones (excluding diaryl/α,β-unsaturated/α-hetero) is 1. The van der Waals surface area contributed by atoms with Gasteiger partial charge in [0.2, 0.25) is 6.79 Å². The van der Waals surface area contributed by atoms with Gasteiger partial charge in [-0.15, -0.1) is 0 Å². The van der Waals surface area contributed by atoms with Crippen molar-refractivity contribution in [1.82, 2.24) is 4.90 Å². The van der Waals surface area contributed by atoms with Crippen molar-refractivity contribution < 1.29 is 18.7 Å². The molecule has 0 amide bonds. The lowest BCUT2D eigenvalue weighted by Gasteiger charge is -2.14. The normalized spacial score (nSPS) is 12.9. The highest BCUT2D eigenvalue weighted by molar-refractivity contribution is 5.98. The zero-order valence-corrected chi connectivity index (χ0v) is 11.2. The van der Waals surface area contributed by atoms with Gasteiger partial charge in [0.1, 0.15) is 5.76 Å². The summed E-state index contributed by atoms with van der Waals surface area (Å²) in [5, 5.41) is 0. The van der Waals surface area contributed by atoms with E-state index in [9.17, 15) is 4.79 Å². The molecule has 0 saturated heterocycles. The Morgan fingerprint density at radius 1 is 1.25 bits per heavy atom. The number of rotatable bonds is 5. The monoisotopic (exact) mass is 273 g/mol. The number of hydrogen-bond donors (Lipinski definition) is 0. The second kappa shape index (κ2) is 5.38. The number of nitrogens with zero attached hydrogens (tertiary/aromatic N) is 1. The van der Waals surface area contributed by atoms with Gasteiger partial charge in [-0.3, -0.25) is 9.69 Å². The van der Waals surface area contributed by atoms with Gasteiger partial charge in [-0.2, -0.15) is 0 Å². The zero-order chi connectivity index (χ0) is 13.9. The largest absolute Gasteiger partial charge is 0.468 e. The van der Waals surface area contributed by atoms with E-state index in [-0.39, 0.29) is 12.6 Å². The quantitative estimate of drug-likeness (QED) is 0.782. The van der Waals surface area contributed by atoms with E-state index in [0.717, 1.165) is 5.76 Å². The van der Waals surface area contributed by atoms with E-state index in [1.807, 2.05) is 24.1 Å². The summed E-state index contributed by atoms with van der Waals surface area (Å²) in [6.07, 6.45) is 1.63. The van der Waals surface area contributed by atoms with E-state index in [0.29, 0.717) is 30.2 Å². The average molecular weight is 273 g/mol. The molecule has 2 aromatic rings. The van der Waals surface area contributed by atoms with Crippen molar-refractivity contribution in [3.63, 3.8) is 0 Å². The highest BCUT2D eigenvalue weighted by Gasteiger charge is 2.17. The minimum absolute atomic E-state index is 0.0392. The summed E-state index contributed by atoms with van der Waals surface area (Å²) in [6, 6.07) is 8.98. The molecule has 0 N–H and O–H groups in total. The van der Waals surface area contributed by atoms with E-state index >= 15 is 0 Å². The Hall–Kier alpha value is -2.27. The number of benzene rings is 1. The van der Waals surface area contributed by atoms with Crippen LogP contribution in [0.4, 0.5) is 0 Å². The van der Waals surface area contributed by atoms with E-state index in [1.165, 1.54) is 0 Å². The summed E-state index contributed by atoms with van der Waals surface area (Å²) in [7, 11) is 1.88. The molecule has 0 fully saturated rings. The molecule has 3 rings (SSSR count). The van der Waals surface area contributed by atoms with Gasteiger partial charge in [0.25, 0.3) is 0 Å². The first-order chi connectivity index (χ1) is 9.72. The molecule has 0 saturated carbocycles. The summed E-state index contributed by atoms with van der Waals surface area (Å²) < 4.78 is 15.8. The minimum atomic E-state index is 0.0392. The van der Waals surface area contributed by atoms with Crippen LogP contribution in [0, 0.1) is 0 Å². The Bertz CT molecular complexity index is 606. The molecule has 0 unspecified atom stereocenters. The van der Waals surface area contributed by atoms with Gasteiger partial charge in [0, 0.05) is 5.56 Å². The van der Waals surface area contributed by atoms with Crippen LogP contribution in [0.1, 0.15) is 16.1 Å². The van der Waals surface area contributed by atoms with Crippen molar-refractivity contribution in [2.75, 3.05) is 20.4 Å². The van der Waals surface area contributed by atoms with Crippen molar-refractivity contribution in [3.05, 3.63) is 47.9 Å². The van der Waals surface area contributed by atoms with Crippen LogP contribution < -0.4 is 9.47 Å². The van der Waals surface area contributed by atoms with Crippen molar-refractivity contribution >= 4 is 5.78 Å². The van der Waals surface area contributed by atoms with Crippen LogP contribution in [0.2, 0.25) is 0 Å². The molecule has 104 valence electrons. The summed E-state index contributed by atoms with van der Waals surface area (Å²) in [5.74, 6) is 2.19. The van der Waals surface area contributed by atoms with Gasteiger partial charge in [-0.05, 0) is 37.4 Å². The predicted octanol–water partition coefficient (Wildman–Crippen LogP) is 2.32. The molecule has 1 aromatic heterocycles. The Morgan fingerprint density at radius 2 is 2.10 bits per heavy atom. The maximum absolute atomic E-state index is 12.2. The fraction of sp³-hybridized carbons (Fsp3) is 0.267. The second-order valence-corrected chi connectivity index (χ2v) is 4.74. The first-order valence-corrected chi connectivity index (χ1v) is 6.36. The van der Waals surface area contributed by atoms with Gasteiger partial charge in [-0.25, -0.2) is 0 Å². The molecule has 0 aliphatic carbocycles. The van der Waals surface area contributed by atoms with Crippen LogP contribution >= 0.6 is 0 Å². The molecule has 2 heterocycles. The number of hydrogen-bond acceptors (Lipinski definition) is 5. The Morgan fingerprint density at radius 3 is 2.90 bits per heavy atom. The van der Waals surface area contributed by atoms with Crippen LogP contribution in [0.15, 0.2) is 41.0 Å². The molecule has 0 atom stereocenters. The van der Waals surface area contributed by atoms with E-state index in [1.54, 1.807) is 24.5 Å². The van der Waals surface area contributed by atoms with Crippen LogP contribution in [0.3, 0.4) is 0 Å². The van der Waals surface area contributed by atoms with Crippen molar-refractivity contribution in [2.24, 2.45) is 0 Å². The maximum atomic E-state index is 12.2. The molecular formula is C15H15NO4. The molecular weight excluding hydrogens is 258 g/mol. The topological polar surface area (TPSA) is 51.9 Å². The van der Waals surface area contributed by atoms with E-state index in [4.69, 9.17) is 13.9 Å². The Balaban J connectivity index is 1.64. The smallest absolute Gasteiger partial charge is 0.231 e. The lowest BCUT2D eigenvalue weighted by molar-refractivity contribution is 0.0939. The van der Waals surface area contributed by atoms with E-state index in [2.05, 4.69) is 0 Å². The first-order valence-electron chi connectivity index (χ1n) is 6.36. The van der Waals surface area contributed by atoms with Gasteiger partial charge in [0.15, 0.2) is 17.3 Å². The highest BCUT2D eigenvalue weighted by atomic mass is 16.7. The van der Waals surface area contributed by atoms with Gasteiger partial charge >= 0.3 is 0 Å². The van der Waals surface area contributed by atoms with Crippen molar-refractivity contribution in [1.29, 1.82) is 0 Å². The third kappa shape index (κ3) is 2.67. The molecule has 5 nitrogen and oxygen atoms in total. The lowest BCUT2D eigenvalue weighted by atomic mass is 10.1. The van der Waals surface area contributed by atoms with Gasteiger partial charge in [-0.1, -0.05) is 0 Å². The number of carbonyl (C=O) groups excluding carboxylic acids is 1. The summed E-state index contributed by atoms with van der Waals surface area (Å²) >= 11 is 0. The number of fused-ring (bicyclic) bond motifs is 1. The lowest BCUT2D eigenvalue weighted by Crippen LogP contribution is -2.25. The molecule has 0 radical (unpaired) electrons. The fourth-order valence-electron chi connectivity index (χ4n) is 2.13. The molecule has 0 bridgehead atoms. The maximum Gasteiger partial charge on any atom is 0.231 e. The molecule has 1 aliphatic heterocycles. The highest BCUT2D eigenvalue weighted by Crippen LogP contribution is 2.32. The predicted molar refractivity (Wildman–Crippen MR) is 71.9 cm³/mol. The minimum Gasteiger partial charge on any atom is -0.468 e. The van der Waals surface area contributed by atoms with Crippen LogP contribution in [-0.4, -0.2) is 31.1 Å². The van der Waals surface area contributed by atoms with Crippen molar-refractivity contribution in [2.45, 2.75) is 6.54 Å². The third-order valence-electron chi connectivity index (χ3n) is 3.11. The summed E-state index contributed by atoms with van der Waals surface area (Å²) in [4.78, 5) is 14.1. The molecule has 1 aromatic carbocycles. The van der Waals surface area contributed by atoms with Crippen LogP contribution in [0.25, 0.3) is 0 Å². The molecule has 5 heteroatoms. The first kappa shape index (κ1) is 12.7. The SMILES string of the molecule is CN(CC(=O)c1ccc2c(c1)OCO2)Cc1ccco1. The van der Waals surface area contributed by atoms with Gasteiger partial charge < -0.3 is 13.9 Å². The Kier molecular flexibility index (Phi) is 3.43. The number of ketones is 1. The van der Waals surface area contributed by atoms with E-state index < -0.39 is 0 Å². The fourth-order valence-corrected chi connectivity index (χ4v) is 2.13. The van der Waals surface area contributed by atoms with Crippen LogP contribution in [0.5, 0.6) is 11.5 Å². The molecule has 1 aliphatic rings. The van der Waals surface area contributed by atoms with Crippen molar-refractivity contribution in [3.8, 4) is 11.5 Å². The average Bonchev–Trinajstić information content (AvgIpc) is 3.07. The number of carbonyl (C=O) groups is 1. The number of ether oxygens (including phenoxy) is 2. The Labute approximate surface area is 116 Å². The third-order valence-corrected chi connectivity index (χ3v) is 3.11.